The quantitative estimate of drug-likeness (QED) is 0.463. The summed E-state index contributed by atoms with van der Waals surface area (Å²) in [5.74, 6) is 0.423. The molecule has 5 fully saturated rings. The Morgan fingerprint density at radius 1 is 0.824 bits per heavy atom. The van der Waals surface area contributed by atoms with Crippen molar-refractivity contribution in [2.75, 3.05) is 0 Å². The standard InChI is InChI=1S/C30H46O4/c1-25(2)12-14-30(24(33)34)15-13-29(7)23(18(30)17-25)19(31)16-21-27(5)10-9-22(32)26(3,4)20(27)8-11-28(21,29)6/h18,20-21,23H,8-17H2,1-7H3,(H,33,34)/t18-,20-,21+,23-,27-,28+,29+,30-/m0/s1. The third-order valence-corrected chi connectivity index (χ3v) is 13.2. The minimum absolute atomic E-state index is 0.000449. The maximum absolute atomic E-state index is 14.2. The van der Waals surface area contributed by atoms with Crippen molar-refractivity contribution in [2.24, 2.45) is 56.2 Å². The summed E-state index contributed by atoms with van der Waals surface area (Å²) in [5.41, 5.74) is -1.17. The van der Waals surface area contributed by atoms with E-state index < -0.39 is 11.4 Å². The van der Waals surface area contributed by atoms with E-state index in [-0.39, 0.29) is 44.8 Å². The van der Waals surface area contributed by atoms with Crippen LogP contribution in [0.25, 0.3) is 0 Å². The van der Waals surface area contributed by atoms with Crippen LogP contribution in [0, 0.1) is 56.2 Å². The van der Waals surface area contributed by atoms with Gasteiger partial charge in [0.2, 0.25) is 0 Å². The molecule has 0 aromatic carbocycles. The van der Waals surface area contributed by atoms with Crippen molar-refractivity contribution in [3.8, 4) is 0 Å². The summed E-state index contributed by atoms with van der Waals surface area (Å²) in [4.78, 5) is 39.9. The van der Waals surface area contributed by atoms with Gasteiger partial charge in [0.15, 0.2) is 0 Å². The van der Waals surface area contributed by atoms with Gasteiger partial charge in [-0.25, -0.2) is 0 Å². The van der Waals surface area contributed by atoms with Crippen LogP contribution in [0.2, 0.25) is 0 Å². The highest BCUT2D eigenvalue weighted by Crippen LogP contribution is 2.76. The topological polar surface area (TPSA) is 71.4 Å². The maximum atomic E-state index is 14.2. The first kappa shape index (κ1) is 24.5. The summed E-state index contributed by atoms with van der Waals surface area (Å²) < 4.78 is 0. The van der Waals surface area contributed by atoms with Crippen LogP contribution in [-0.2, 0) is 14.4 Å². The maximum Gasteiger partial charge on any atom is 0.309 e. The molecule has 0 aliphatic heterocycles. The lowest BCUT2D eigenvalue weighted by atomic mass is 9.31. The Hall–Kier alpha value is -1.19. The lowest BCUT2D eigenvalue weighted by molar-refractivity contribution is -0.235. The number of carbonyl (C=O) groups is 3. The van der Waals surface area contributed by atoms with Gasteiger partial charge in [0.1, 0.15) is 11.6 Å². The molecule has 0 amide bonds. The third-order valence-electron chi connectivity index (χ3n) is 13.2. The molecule has 5 aliphatic carbocycles. The van der Waals surface area contributed by atoms with Gasteiger partial charge in [-0.05, 0) is 90.8 Å². The molecule has 34 heavy (non-hydrogen) atoms. The van der Waals surface area contributed by atoms with Crippen molar-refractivity contribution >= 4 is 17.5 Å². The number of carbonyl (C=O) groups excluding carboxylic acids is 2. The highest BCUT2D eigenvalue weighted by Gasteiger charge is 2.73. The van der Waals surface area contributed by atoms with Crippen LogP contribution in [0.1, 0.15) is 113 Å². The summed E-state index contributed by atoms with van der Waals surface area (Å²) in [7, 11) is 0. The molecule has 0 saturated heterocycles. The summed E-state index contributed by atoms with van der Waals surface area (Å²) in [6.45, 7) is 16.0. The summed E-state index contributed by atoms with van der Waals surface area (Å²) in [5, 5.41) is 10.5. The fourth-order valence-corrected chi connectivity index (χ4v) is 10.9. The number of hydrogen-bond donors (Lipinski definition) is 1. The second-order valence-corrected chi connectivity index (χ2v) is 15.2. The molecular weight excluding hydrogens is 424 g/mol. The fourth-order valence-electron chi connectivity index (χ4n) is 10.9. The number of ketones is 2. The summed E-state index contributed by atoms with van der Waals surface area (Å²) in [6, 6.07) is 0. The second-order valence-electron chi connectivity index (χ2n) is 15.2. The zero-order valence-electron chi connectivity index (χ0n) is 22.6. The average Bonchev–Trinajstić information content (AvgIpc) is 2.72. The van der Waals surface area contributed by atoms with E-state index in [0.717, 1.165) is 38.5 Å². The molecule has 0 spiro atoms. The normalized spacial score (nSPS) is 51.5. The molecule has 4 heteroatoms. The van der Waals surface area contributed by atoms with E-state index >= 15 is 0 Å². The Labute approximate surface area is 206 Å². The van der Waals surface area contributed by atoms with E-state index in [9.17, 15) is 19.5 Å². The predicted molar refractivity (Wildman–Crippen MR) is 132 cm³/mol. The molecule has 190 valence electrons. The first-order valence-corrected chi connectivity index (χ1v) is 13.8. The zero-order chi connectivity index (χ0) is 25.1. The molecule has 5 saturated carbocycles. The lowest BCUT2D eigenvalue weighted by Gasteiger charge is -2.72. The minimum atomic E-state index is -0.737. The van der Waals surface area contributed by atoms with Gasteiger partial charge in [-0.2, -0.15) is 0 Å². The van der Waals surface area contributed by atoms with Gasteiger partial charge in [0, 0.05) is 24.2 Å². The van der Waals surface area contributed by atoms with Gasteiger partial charge in [-0.15, -0.1) is 0 Å². The van der Waals surface area contributed by atoms with E-state index in [2.05, 4.69) is 48.5 Å². The van der Waals surface area contributed by atoms with E-state index in [1.807, 2.05) is 0 Å². The molecule has 5 aliphatic rings. The molecule has 5 rings (SSSR count). The Kier molecular flexibility index (Phi) is 5.02. The van der Waals surface area contributed by atoms with Crippen molar-refractivity contribution in [2.45, 2.75) is 113 Å². The lowest BCUT2D eigenvalue weighted by Crippen LogP contribution is -2.69. The number of rotatable bonds is 1. The molecule has 8 atom stereocenters. The Morgan fingerprint density at radius 2 is 1.47 bits per heavy atom. The predicted octanol–water partition coefficient (Wildman–Crippen LogP) is 6.70. The van der Waals surface area contributed by atoms with Crippen molar-refractivity contribution in [3.05, 3.63) is 0 Å². The van der Waals surface area contributed by atoms with Gasteiger partial charge in [0.25, 0.3) is 0 Å². The van der Waals surface area contributed by atoms with E-state index in [0.29, 0.717) is 43.2 Å². The van der Waals surface area contributed by atoms with Gasteiger partial charge >= 0.3 is 5.97 Å². The number of carboxylic acids is 1. The molecule has 0 heterocycles. The van der Waals surface area contributed by atoms with Gasteiger partial charge in [0.05, 0.1) is 5.41 Å². The first-order valence-electron chi connectivity index (χ1n) is 13.8. The van der Waals surface area contributed by atoms with Gasteiger partial charge in [-0.3, -0.25) is 14.4 Å². The molecule has 0 bridgehead atoms. The molecular formula is C30H46O4. The molecule has 0 aromatic rings. The third kappa shape index (κ3) is 2.80. The Morgan fingerprint density at radius 3 is 2.12 bits per heavy atom. The van der Waals surface area contributed by atoms with Crippen LogP contribution in [0.5, 0.6) is 0 Å². The molecule has 0 unspecified atom stereocenters. The van der Waals surface area contributed by atoms with Gasteiger partial charge < -0.3 is 5.11 Å². The van der Waals surface area contributed by atoms with Crippen molar-refractivity contribution in [3.63, 3.8) is 0 Å². The van der Waals surface area contributed by atoms with Crippen LogP contribution < -0.4 is 0 Å². The molecule has 1 N–H and O–H groups in total. The molecule has 0 aromatic heterocycles. The van der Waals surface area contributed by atoms with Crippen molar-refractivity contribution in [1.82, 2.24) is 0 Å². The fraction of sp³-hybridized carbons (Fsp3) is 0.900. The highest BCUT2D eigenvalue weighted by molar-refractivity contribution is 5.87. The average molecular weight is 471 g/mol. The van der Waals surface area contributed by atoms with Crippen LogP contribution in [0.15, 0.2) is 0 Å². The highest BCUT2D eigenvalue weighted by atomic mass is 16.4. The number of aliphatic carboxylic acids is 1. The SMILES string of the molecule is CC1(C)CC[C@]2(C(=O)O)CC[C@]3(C)[C@H](C(=O)C[C@@H]4[C@@]5(C)CCC(=O)C(C)(C)[C@@H]5CC[C@]43C)[C@@H]2C1. The van der Waals surface area contributed by atoms with E-state index in [4.69, 9.17) is 0 Å². The van der Waals surface area contributed by atoms with Crippen LogP contribution in [0.4, 0.5) is 0 Å². The summed E-state index contributed by atoms with van der Waals surface area (Å²) >= 11 is 0. The van der Waals surface area contributed by atoms with E-state index in [1.165, 1.54) is 0 Å². The first-order chi connectivity index (χ1) is 15.6. The number of carboxylic acid groups (broad SMARTS) is 1. The Bertz CT molecular complexity index is 947. The van der Waals surface area contributed by atoms with Crippen LogP contribution in [-0.4, -0.2) is 22.6 Å². The van der Waals surface area contributed by atoms with Crippen LogP contribution >= 0.6 is 0 Å². The molecule has 4 nitrogen and oxygen atoms in total. The number of hydrogen-bond acceptors (Lipinski definition) is 3. The van der Waals surface area contributed by atoms with Crippen LogP contribution in [0.3, 0.4) is 0 Å². The second kappa shape index (κ2) is 6.97. The van der Waals surface area contributed by atoms with Crippen molar-refractivity contribution < 1.29 is 19.5 Å². The number of fused-ring (bicyclic) bond motifs is 7. The zero-order valence-corrected chi connectivity index (χ0v) is 22.6. The van der Waals surface area contributed by atoms with Gasteiger partial charge in [-0.1, -0.05) is 48.5 Å². The van der Waals surface area contributed by atoms with E-state index in [1.54, 1.807) is 0 Å². The Balaban J connectivity index is 1.60. The number of Topliss-reactive ketones (excluding diaryl/α,β-unsaturated/α-hetero) is 2. The minimum Gasteiger partial charge on any atom is -0.481 e. The smallest absolute Gasteiger partial charge is 0.309 e. The largest absolute Gasteiger partial charge is 0.481 e. The summed E-state index contributed by atoms with van der Waals surface area (Å²) in [6.07, 6.45) is 8.19. The monoisotopic (exact) mass is 470 g/mol. The van der Waals surface area contributed by atoms with Crippen molar-refractivity contribution in [1.29, 1.82) is 0 Å². The molecule has 0 radical (unpaired) electrons.